The van der Waals surface area contributed by atoms with Crippen LogP contribution in [-0.2, 0) is 16.1 Å². The molecule has 1 aliphatic rings. The SMILES string of the molecule is O=C(CSc1ccc(C(=O)O)cn1)NC[C@H]1CN(Cc2ccc(Cl)c(Cl)c2)CCO1. The van der Waals surface area contributed by atoms with Gasteiger partial charge in [-0.2, -0.15) is 0 Å². The first-order valence-corrected chi connectivity index (χ1v) is 11.0. The summed E-state index contributed by atoms with van der Waals surface area (Å²) in [5, 5.41) is 13.4. The third-order valence-corrected chi connectivity index (χ3v) is 6.16. The summed E-state index contributed by atoms with van der Waals surface area (Å²) in [4.78, 5) is 29.2. The molecule has 1 amide bonds. The minimum absolute atomic E-state index is 0.0940. The predicted molar refractivity (Wildman–Crippen MR) is 116 cm³/mol. The Morgan fingerprint density at radius 1 is 1.27 bits per heavy atom. The van der Waals surface area contributed by atoms with E-state index in [0.29, 0.717) is 34.8 Å². The largest absolute Gasteiger partial charge is 0.478 e. The number of carboxylic acids is 1. The van der Waals surface area contributed by atoms with Crippen LogP contribution >= 0.6 is 35.0 Å². The molecule has 0 bridgehead atoms. The quantitative estimate of drug-likeness (QED) is 0.573. The maximum atomic E-state index is 12.1. The van der Waals surface area contributed by atoms with Crippen LogP contribution in [0.5, 0.6) is 0 Å². The predicted octanol–water partition coefficient (Wildman–Crippen LogP) is 3.20. The average Bonchev–Trinajstić information content (AvgIpc) is 2.74. The molecule has 2 aromatic rings. The second-order valence-corrected chi connectivity index (χ2v) is 8.57. The van der Waals surface area contributed by atoms with Crippen molar-refractivity contribution in [2.24, 2.45) is 0 Å². The third kappa shape index (κ3) is 6.85. The molecular weight excluding hydrogens is 449 g/mol. The maximum Gasteiger partial charge on any atom is 0.337 e. The van der Waals surface area contributed by atoms with Crippen molar-refractivity contribution in [3.05, 3.63) is 57.7 Å². The Labute approximate surface area is 188 Å². The number of halogens is 2. The number of hydrogen-bond acceptors (Lipinski definition) is 6. The number of morpholine rings is 1. The molecule has 10 heteroatoms. The van der Waals surface area contributed by atoms with Crippen molar-refractivity contribution in [1.29, 1.82) is 0 Å². The van der Waals surface area contributed by atoms with E-state index in [1.54, 1.807) is 12.1 Å². The Morgan fingerprint density at radius 2 is 2.10 bits per heavy atom. The molecule has 1 fully saturated rings. The van der Waals surface area contributed by atoms with Gasteiger partial charge >= 0.3 is 5.97 Å². The zero-order valence-electron chi connectivity index (χ0n) is 16.0. The van der Waals surface area contributed by atoms with Crippen molar-refractivity contribution in [1.82, 2.24) is 15.2 Å². The fourth-order valence-corrected chi connectivity index (χ4v) is 3.95. The summed E-state index contributed by atoms with van der Waals surface area (Å²) in [6.07, 6.45) is 1.18. The van der Waals surface area contributed by atoms with Crippen molar-refractivity contribution in [3.63, 3.8) is 0 Å². The number of carbonyl (C=O) groups is 2. The molecule has 2 heterocycles. The maximum absolute atomic E-state index is 12.1. The zero-order valence-corrected chi connectivity index (χ0v) is 18.3. The van der Waals surface area contributed by atoms with Crippen LogP contribution in [0.1, 0.15) is 15.9 Å². The Bertz CT molecular complexity index is 898. The number of thioether (sulfide) groups is 1. The summed E-state index contributed by atoms with van der Waals surface area (Å²) < 4.78 is 5.76. The second-order valence-electron chi connectivity index (χ2n) is 6.76. The van der Waals surface area contributed by atoms with E-state index >= 15 is 0 Å². The van der Waals surface area contributed by atoms with Gasteiger partial charge < -0.3 is 15.2 Å². The molecule has 0 unspecified atom stereocenters. The molecule has 3 rings (SSSR count). The molecule has 1 atom stereocenters. The number of carbonyl (C=O) groups excluding carboxylic acids is 1. The van der Waals surface area contributed by atoms with Crippen LogP contribution in [0.3, 0.4) is 0 Å². The number of pyridine rings is 1. The molecular formula is C20H21Cl2N3O4S. The lowest BCUT2D eigenvalue weighted by atomic mass is 10.2. The van der Waals surface area contributed by atoms with Gasteiger partial charge in [-0.3, -0.25) is 9.69 Å². The Hall–Kier alpha value is -1.84. The summed E-state index contributed by atoms with van der Waals surface area (Å²) in [6.45, 7) is 3.25. The highest BCUT2D eigenvalue weighted by Crippen LogP contribution is 2.23. The second kappa shape index (κ2) is 11.0. The highest BCUT2D eigenvalue weighted by Gasteiger charge is 2.21. The fourth-order valence-electron chi connectivity index (χ4n) is 2.95. The summed E-state index contributed by atoms with van der Waals surface area (Å²) in [7, 11) is 0. The lowest BCUT2D eigenvalue weighted by Gasteiger charge is -2.33. The minimum Gasteiger partial charge on any atom is -0.478 e. The van der Waals surface area contributed by atoms with Gasteiger partial charge in [0, 0.05) is 32.4 Å². The number of aromatic nitrogens is 1. The molecule has 1 aliphatic heterocycles. The van der Waals surface area contributed by atoms with Crippen molar-refractivity contribution in [2.45, 2.75) is 17.7 Å². The lowest BCUT2D eigenvalue weighted by Crippen LogP contribution is -2.47. The first-order chi connectivity index (χ1) is 14.4. The highest BCUT2D eigenvalue weighted by atomic mass is 35.5. The van der Waals surface area contributed by atoms with Crippen LogP contribution in [0.15, 0.2) is 41.6 Å². The fraction of sp³-hybridized carbons (Fsp3) is 0.350. The minimum atomic E-state index is -1.03. The van der Waals surface area contributed by atoms with Gasteiger partial charge in [-0.25, -0.2) is 9.78 Å². The van der Waals surface area contributed by atoms with E-state index in [-0.39, 0.29) is 23.3 Å². The van der Waals surface area contributed by atoms with E-state index in [1.807, 2.05) is 12.1 Å². The Morgan fingerprint density at radius 3 is 2.80 bits per heavy atom. The molecule has 0 aliphatic carbocycles. The first-order valence-electron chi connectivity index (χ1n) is 9.27. The van der Waals surface area contributed by atoms with Gasteiger partial charge in [-0.15, -0.1) is 0 Å². The number of carboxylic acid groups (broad SMARTS) is 1. The molecule has 160 valence electrons. The summed E-state index contributed by atoms with van der Waals surface area (Å²) in [5.41, 5.74) is 1.19. The van der Waals surface area contributed by atoms with Crippen LogP contribution in [0.4, 0.5) is 0 Å². The van der Waals surface area contributed by atoms with Gasteiger partial charge in [-0.1, -0.05) is 41.0 Å². The molecule has 0 radical (unpaired) electrons. The monoisotopic (exact) mass is 469 g/mol. The van der Waals surface area contributed by atoms with E-state index in [4.69, 9.17) is 33.0 Å². The van der Waals surface area contributed by atoms with E-state index in [1.165, 1.54) is 24.0 Å². The smallest absolute Gasteiger partial charge is 0.337 e. The lowest BCUT2D eigenvalue weighted by molar-refractivity contribution is -0.119. The number of benzene rings is 1. The molecule has 0 saturated carbocycles. The number of rotatable bonds is 8. The molecule has 1 aromatic carbocycles. The number of nitrogens with one attached hydrogen (secondary N) is 1. The highest BCUT2D eigenvalue weighted by molar-refractivity contribution is 7.99. The standard InChI is InChI=1S/C20H21Cl2N3O4S/c21-16-3-1-13(7-17(16)22)10-25-5-6-29-15(11-25)9-23-18(26)12-30-19-4-2-14(8-24-19)20(27)28/h1-4,7-8,15H,5-6,9-12H2,(H,23,26)(H,27,28)/t15-/m0/s1. The Balaban J connectivity index is 1.40. The van der Waals surface area contributed by atoms with Crippen LogP contribution in [0.25, 0.3) is 0 Å². The molecule has 2 N–H and O–H groups in total. The van der Waals surface area contributed by atoms with Crippen molar-refractivity contribution in [2.75, 3.05) is 32.0 Å². The van der Waals surface area contributed by atoms with Gasteiger partial charge in [0.2, 0.25) is 5.91 Å². The van der Waals surface area contributed by atoms with E-state index in [9.17, 15) is 9.59 Å². The average molecular weight is 470 g/mol. The van der Waals surface area contributed by atoms with Gasteiger partial charge in [0.25, 0.3) is 0 Å². The summed E-state index contributed by atoms with van der Waals surface area (Å²) >= 11 is 13.3. The Kier molecular flexibility index (Phi) is 8.35. The van der Waals surface area contributed by atoms with Crippen LogP contribution in [0.2, 0.25) is 10.0 Å². The molecule has 1 saturated heterocycles. The molecule has 30 heavy (non-hydrogen) atoms. The van der Waals surface area contributed by atoms with Gasteiger partial charge in [0.05, 0.1) is 39.1 Å². The van der Waals surface area contributed by atoms with Gasteiger partial charge in [-0.05, 0) is 29.8 Å². The van der Waals surface area contributed by atoms with Crippen molar-refractivity contribution >= 4 is 46.8 Å². The number of hydrogen-bond donors (Lipinski definition) is 2. The van der Waals surface area contributed by atoms with E-state index < -0.39 is 5.97 Å². The number of amides is 1. The summed E-state index contributed by atoms with van der Waals surface area (Å²) in [6, 6.07) is 8.67. The first kappa shape index (κ1) is 22.8. The molecule has 0 spiro atoms. The van der Waals surface area contributed by atoms with Crippen LogP contribution < -0.4 is 5.32 Å². The van der Waals surface area contributed by atoms with Crippen molar-refractivity contribution in [3.8, 4) is 0 Å². The molecule has 7 nitrogen and oxygen atoms in total. The van der Waals surface area contributed by atoms with E-state index in [0.717, 1.165) is 18.7 Å². The van der Waals surface area contributed by atoms with Gasteiger partial charge in [0.1, 0.15) is 0 Å². The van der Waals surface area contributed by atoms with Crippen molar-refractivity contribution < 1.29 is 19.4 Å². The normalized spacial score (nSPS) is 16.9. The topological polar surface area (TPSA) is 91.8 Å². The summed E-state index contributed by atoms with van der Waals surface area (Å²) in [5.74, 6) is -0.967. The van der Waals surface area contributed by atoms with Gasteiger partial charge in [0.15, 0.2) is 0 Å². The number of aromatic carboxylic acids is 1. The van der Waals surface area contributed by atoms with Crippen LogP contribution in [-0.4, -0.2) is 65.0 Å². The van der Waals surface area contributed by atoms with E-state index in [2.05, 4.69) is 15.2 Å². The van der Waals surface area contributed by atoms with Crippen LogP contribution in [0, 0.1) is 0 Å². The number of nitrogens with zero attached hydrogens (tertiary/aromatic N) is 2. The molecule has 1 aromatic heterocycles. The number of ether oxygens (including phenoxy) is 1. The zero-order chi connectivity index (χ0) is 21.5. The third-order valence-electron chi connectivity index (χ3n) is 4.47.